The molecule has 1 aromatic carbocycles. The highest BCUT2D eigenvalue weighted by Crippen LogP contribution is 2.26. The molecule has 0 fully saturated rings. The van der Waals surface area contributed by atoms with Crippen molar-refractivity contribution >= 4 is 28.7 Å². The van der Waals surface area contributed by atoms with Gasteiger partial charge in [-0.3, -0.25) is 0 Å². The van der Waals surface area contributed by atoms with Gasteiger partial charge in [0.15, 0.2) is 0 Å². The molecule has 4 nitrogen and oxygen atoms in total. The summed E-state index contributed by atoms with van der Waals surface area (Å²) in [5, 5.41) is 11.1. The zero-order chi connectivity index (χ0) is 14.7. The first-order valence-electron chi connectivity index (χ1n) is 6.37. The molecule has 0 saturated carbocycles. The van der Waals surface area contributed by atoms with Gasteiger partial charge in [0.25, 0.3) is 0 Å². The van der Waals surface area contributed by atoms with Crippen molar-refractivity contribution in [3.05, 3.63) is 46.2 Å². The van der Waals surface area contributed by atoms with E-state index in [4.69, 9.17) is 10.8 Å². The lowest BCUT2D eigenvalue weighted by Gasteiger charge is -2.28. The number of nitrogens with two attached hydrogens (primary N) is 1. The van der Waals surface area contributed by atoms with Gasteiger partial charge in [-0.05, 0) is 36.6 Å². The lowest BCUT2D eigenvalue weighted by atomic mass is 10.1. The van der Waals surface area contributed by atoms with Gasteiger partial charge in [0.1, 0.15) is 0 Å². The molecule has 0 aliphatic carbocycles. The van der Waals surface area contributed by atoms with Gasteiger partial charge in [-0.1, -0.05) is 6.07 Å². The first-order chi connectivity index (χ1) is 9.49. The van der Waals surface area contributed by atoms with E-state index in [-0.39, 0.29) is 11.6 Å². The molecule has 0 aliphatic rings. The van der Waals surface area contributed by atoms with Crippen LogP contribution >= 0.6 is 11.3 Å². The number of likely N-dealkylation sites (N-methyl/N-ethyl adjacent to an activating group) is 1. The van der Waals surface area contributed by atoms with Crippen LogP contribution in [0.5, 0.6) is 0 Å². The molecule has 106 valence electrons. The molecule has 1 unspecified atom stereocenters. The third-order valence-electron chi connectivity index (χ3n) is 3.40. The minimum Gasteiger partial charge on any atom is -0.478 e. The second kappa shape index (κ2) is 5.96. The summed E-state index contributed by atoms with van der Waals surface area (Å²) < 4.78 is 0. The fourth-order valence-corrected chi connectivity index (χ4v) is 2.90. The standard InChI is InChI=1S/C15H18N2O2S/c1-10(8-12-4-3-7-20-12)17(2)14-9-11(15(18)19)5-6-13(14)16/h3-7,9-10H,8,16H2,1-2H3,(H,18,19). The third kappa shape index (κ3) is 3.11. The first kappa shape index (κ1) is 14.4. The van der Waals surface area contributed by atoms with E-state index >= 15 is 0 Å². The molecule has 2 aromatic rings. The molecule has 0 amide bonds. The molecule has 0 bridgehead atoms. The highest BCUT2D eigenvalue weighted by molar-refractivity contribution is 7.09. The maximum Gasteiger partial charge on any atom is 0.335 e. The molecule has 3 N–H and O–H groups in total. The SMILES string of the molecule is CC(Cc1cccs1)N(C)c1cc(C(=O)O)ccc1N. The summed E-state index contributed by atoms with van der Waals surface area (Å²) in [7, 11) is 1.94. The van der Waals surface area contributed by atoms with Crippen LogP contribution in [0.1, 0.15) is 22.2 Å². The molecule has 0 spiro atoms. The third-order valence-corrected chi connectivity index (χ3v) is 4.29. The van der Waals surface area contributed by atoms with E-state index in [0.29, 0.717) is 5.69 Å². The van der Waals surface area contributed by atoms with Crippen molar-refractivity contribution in [2.75, 3.05) is 17.7 Å². The Kier molecular flexibility index (Phi) is 4.29. The average Bonchev–Trinajstić information content (AvgIpc) is 2.91. The van der Waals surface area contributed by atoms with E-state index in [1.165, 1.54) is 10.9 Å². The van der Waals surface area contributed by atoms with Crippen molar-refractivity contribution in [1.82, 2.24) is 0 Å². The Morgan fingerprint density at radius 3 is 2.80 bits per heavy atom. The Morgan fingerprint density at radius 1 is 1.45 bits per heavy atom. The van der Waals surface area contributed by atoms with E-state index in [0.717, 1.165) is 12.1 Å². The fourth-order valence-electron chi connectivity index (χ4n) is 2.08. The van der Waals surface area contributed by atoms with Gasteiger partial charge >= 0.3 is 5.97 Å². The lowest BCUT2D eigenvalue weighted by molar-refractivity contribution is 0.0697. The van der Waals surface area contributed by atoms with Gasteiger partial charge in [-0.15, -0.1) is 11.3 Å². The topological polar surface area (TPSA) is 66.6 Å². The summed E-state index contributed by atoms with van der Waals surface area (Å²) in [6.07, 6.45) is 0.908. The Balaban J connectivity index is 2.21. The Bertz CT molecular complexity index is 596. The lowest BCUT2D eigenvalue weighted by Crippen LogP contribution is -2.31. The van der Waals surface area contributed by atoms with E-state index < -0.39 is 5.97 Å². The highest BCUT2D eigenvalue weighted by Gasteiger charge is 2.15. The molecule has 1 heterocycles. The van der Waals surface area contributed by atoms with Crippen molar-refractivity contribution in [3.63, 3.8) is 0 Å². The predicted molar refractivity (Wildman–Crippen MR) is 83.7 cm³/mol. The smallest absolute Gasteiger partial charge is 0.335 e. The predicted octanol–water partition coefficient (Wildman–Crippen LogP) is 3.10. The molecule has 0 saturated heterocycles. The van der Waals surface area contributed by atoms with Crippen LogP contribution in [0.25, 0.3) is 0 Å². The zero-order valence-electron chi connectivity index (χ0n) is 11.5. The van der Waals surface area contributed by atoms with E-state index in [1.807, 2.05) is 18.0 Å². The van der Waals surface area contributed by atoms with Crippen LogP contribution in [-0.2, 0) is 6.42 Å². The molecular formula is C15H18N2O2S. The number of rotatable bonds is 5. The number of nitrogen functional groups attached to an aromatic ring is 1. The summed E-state index contributed by atoms with van der Waals surface area (Å²) in [4.78, 5) is 14.4. The Hall–Kier alpha value is -2.01. The number of anilines is 2. The second-order valence-electron chi connectivity index (χ2n) is 4.82. The number of aromatic carboxylic acids is 1. The average molecular weight is 290 g/mol. The number of hydrogen-bond acceptors (Lipinski definition) is 4. The van der Waals surface area contributed by atoms with Crippen molar-refractivity contribution in [2.45, 2.75) is 19.4 Å². The van der Waals surface area contributed by atoms with Gasteiger partial charge in [0.2, 0.25) is 0 Å². The second-order valence-corrected chi connectivity index (χ2v) is 5.85. The molecule has 5 heteroatoms. The van der Waals surface area contributed by atoms with E-state index in [9.17, 15) is 4.79 Å². The maximum atomic E-state index is 11.1. The van der Waals surface area contributed by atoms with Crippen LogP contribution in [0.4, 0.5) is 11.4 Å². The van der Waals surface area contributed by atoms with Crippen LogP contribution in [0.3, 0.4) is 0 Å². The van der Waals surface area contributed by atoms with Crippen LogP contribution in [0.2, 0.25) is 0 Å². The van der Waals surface area contributed by atoms with Crippen molar-refractivity contribution in [3.8, 4) is 0 Å². The normalized spacial score (nSPS) is 12.1. The first-order valence-corrected chi connectivity index (χ1v) is 7.25. The van der Waals surface area contributed by atoms with E-state index in [2.05, 4.69) is 18.4 Å². The van der Waals surface area contributed by atoms with Gasteiger partial charge in [-0.25, -0.2) is 4.79 Å². The molecule has 20 heavy (non-hydrogen) atoms. The van der Waals surface area contributed by atoms with Crippen LogP contribution in [-0.4, -0.2) is 24.2 Å². The number of benzene rings is 1. The number of carboxylic acid groups (broad SMARTS) is 1. The Morgan fingerprint density at radius 2 is 2.20 bits per heavy atom. The van der Waals surface area contributed by atoms with Crippen molar-refractivity contribution in [2.24, 2.45) is 0 Å². The highest BCUT2D eigenvalue weighted by atomic mass is 32.1. The number of hydrogen-bond donors (Lipinski definition) is 2. The minimum absolute atomic E-state index is 0.236. The molecular weight excluding hydrogens is 272 g/mol. The summed E-state index contributed by atoms with van der Waals surface area (Å²) in [6.45, 7) is 2.10. The number of nitrogens with zero attached hydrogens (tertiary/aromatic N) is 1. The summed E-state index contributed by atoms with van der Waals surface area (Å²) >= 11 is 1.72. The largest absolute Gasteiger partial charge is 0.478 e. The zero-order valence-corrected chi connectivity index (χ0v) is 12.4. The fraction of sp³-hybridized carbons (Fsp3) is 0.267. The molecule has 0 radical (unpaired) electrons. The van der Waals surface area contributed by atoms with Gasteiger partial charge in [0.05, 0.1) is 16.9 Å². The molecule has 1 aromatic heterocycles. The summed E-state index contributed by atoms with van der Waals surface area (Å²) in [5.41, 5.74) is 7.58. The van der Waals surface area contributed by atoms with Crippen molar-refractivity contribution in [1.29, 1.82) is 0 Å². The molecule has 1 atom stereocenters. The Labute approximate surface area is 122 Å². The van der Waals surface area contributed by atoms with E-state index in [1.54, 1.807) is 23.5 Å². The number of carboxylic acids is 1. The molecule has 0 aliphatic heterocycles. The van der Waals surface area contributed by atoms with Crippen molar-refractivity contribution < 1.29 is 9.90 Å². The number of carbonyl (C=O) groups is 1. The molecule has 2 rings (SSSR count). The quantitative estimate of drug-likeness (QED) is 0.830. The van der Waals surface area contributed by atoms with Crippen LogP contribution in [0, 0.1) is 0 Å². The summed E-state index contributed by atoms with van der Waals surface area (Å²) in [5.74, 6) is -0.939. The van der Waals surface area contributed by atoms with Gasteiger partial charge in [0, 0.05) is 24.4 Å². The monoisotopic (exact) mass is 290 g/mol. The number of thiophene rings is 1. The van der Waals surface area contributed by atoms with Crippen LogP contribution in [0.15, 0.2) is 35.7 Å². The summed E-state index contributed by atoms with van der Waals surface area (Å²) in [6, 6.07) is 9.17. The maximum absolute atomic E-state index is 11.1. The van der Waals surface area contributed by atoms with Crippen LogP contribution < -0.4 is 10.6 Å². The minimum atomic E-state index is -0.939. The van der Waals surface area contributed by atoms with Gasteiger partial charge in [-0.2, -0.15) is 0 Å². The van der Waals surface area contributed by atoms with Gasteiger partial charge < -0.3 is 15.7 Å².